The van der Waals surface area contributed by atoms with Crippen molar-refractivity contribution < 1.29 is 14.1 Å². The van der Waals surface area contributed by atoms with Gasteiger partial charge in [-0.3, -0.25) is 4.79 Å². The highest BCUT2D eigenvalue weighted by Gasteiger charge is 2.23. The van der Waals surface area contributed by atoms with E-state index in [1.165, 1.54) is 0 Å². The van der Waals surface area contributed by atoms with Crippen LogP contribution in [0.25, 0.3) is 0 Å². The first-order valence-electron chi connectivity index (χ1n) is 6.35. The van der Waals surface area contributed by atoms with Crippen molar-refractivity contribution in [3.05, 3.63) is 28.9 Å². The van der Waals surface area contributed by atoms with E-state index in [0.717, 1.165) is 11.4 Å². The fourth-order valence-electron chi connectivity index (χ4n) is 2.08. The van der Waals surface area contributed by atoms with E-state index < -0.39 is 0 Å². The molecule has 3 rings (SSSR count). The van der Waals surface area contributed by atoms with Crippen LogP contribution in [0.4, 0.5) is 0 Å². The number of carbonyl (C=O) groups is 1. The minimum atomic E-state index is -0.272. The van der Waals surface area contributed by atoms with E-state index in [9.17, 15) is 4.79 Å². The van der Waals surface area contributed by atoms with Crippen molar-refractivity contribution in [3.63, 3.8) is 0 Å². The third-order valence-corrected chi connectivity index (χ3v) is 3.22. The summed E-state index contributed by atoms with van der Waals surface area (Å²) in [5.41, 5.74) is 2.14. The smallest absolute Gasteiger partial charge is 0.273 e. The number of hydrogen-bond donors (Lipinski definition) is 1. The van der Waals surface area contributed by atoms with Gasteiger partial charge in [0.05, 0.1) is 30.6 Å². The lowest BCUT2D eigenvalue weighted by atomic mass is 10.2. The average Bonchev–Trinajstić information content (AvgIpc) is 3.03. The molecule has 0 saturated carbocycles. The molecule has 8 heteroatoms. The molecule has 0 bridgehead atoms. The molecule has 8 nitrogen and oxygen atoms in total. The summed E-state index contributed by atoms with van der Waals surface area (Å²) in [5, 5.41) is 14.5. The number of hydrogen-bond acceptors (Lipinski definition) is 6. The summed E-state index contributed by atoms with van der Waals surface area (Å²) in [4.78, 5) is 11.8. The van der Waals surface area contributed by atoms with Gasteiger partial charge in [-0.05, 0) is 13.8 Å². The number of aryl methyl sites for hydroxylation is 2. The Hall–Kier alpha value is -2.22. The van der Waals surface area contributed by atoms with E-state index in [4.69, 9.17) is 9.26 Å². The molecule has 1 atom stereocenters. The van der Waals surface area contributed by atoms with Crippen LogP contribution in [0.1, 0.15) is 27.6 Å². The van der Waals surface area contributed by atoms with Crippen LogP contribution in [0.2, 0.25) is 0 Å². The van der Waals surface area contributed by atoms with Gasteiger partial charge in [0.15, 0.2) is 5.69 Å². The maximum atomic E-state index is 11.8. The zero-order valence-electron chi connectivity index (χ0n) is 11.3. The highest BCUT2D eigenvalue weighted by molar-refractivity contribution is 5.92. The van der Waals surface area contributed by atoms with Crippen molar-refractivity contribution in [1.29, 1.82) is 0 Å². The molecule has 1 aliphatic heterocycles. The quantitative estimate of drug-likeness (QED) is 0.861. The largest absolute Gasteiger partial charge is 0.368 e. The molecule has 3 heterocycles. The van der Waals surface area contributed by atoms with E-state index in [1.807, 2.05) is 11.6 Å². The topological polar surface area (TPSA) is 95.1 Å². The highest BCUT2D eigenvalue weighted by Crippen LogP contribution is 2.14. The number of nitrogens with one attached hydrogen (secondary N) is 1. The Morgan fingerprint density at radius 1 is 1.55 bits per heavy atom. The van der Waals surface area contributed by atoms with Crippen LogP contribution in [0.5, 0.6) is 0 Å². The summed E-state index contributed by atoms with van der Waals surface area (Å²) >= 11 is 0. The molecule has 1 N–H and O–H groups in total. The van der Waals surface area contributed by atoms with Gasteiger partial charge in [-0.15, -0.1) is 5.10 Å². The van der Waals surface area contributed by atoms with Gasteiger partial charge in [-0.1, -0.05) is 10.4 Å². The fraction of sp³-hybridized carbons (Fsp3) is 0.500. The summed E-state index contributed by atoms with van der Waals surface area (Å²) in [6, 6.07) is 1.59. The van der Waals surface area contributed by atoms with Gasteiger partial charge in [-0.2, -0.15) is 0 Å². The first-order valence-corrected chi connectivity index (χ1v) is 6.35. The van der Waals surface area contributed by atoms with Crippen LogP contribution in [-0.2, 0) is 17.9 Å². The molecule has 2 aromatic rings. The minimum Gasteiger partial charge on any atom is -0.368 e. The normalized spacial score (nSPS) is 17.8. The fourth-order valence-corrected chi connectivity index (χ4v) is 2.08. The number of carbonyl (C=O) groups excluding carboxylic acids is 1. The predicted octanol–water partition coefficient (Wildman–Crippen LogP) is 0.212. The number of rotatable bonds is 3. The Morgan fingerprint density at radius 3 is 3.15 bits per heavy atom. The molecule has 0 aromatic carbocycles. The Balaban J connectivity index is 1.56. The summed E-state index contributed by atoms with van der Waals surface area (Å²) in [6.07, 6.45) is -0.124. The van der Waals surface area contributed by atoms with E-state index >= 15 is 0 Å². The van der Waals surface area contributed by atoms with Crippen LogP contribution >= 0.6 is 0 Å². The van der Waals surface area contributed by atoms with Gasteiger partial charge < -0.3 is 14.6 Å². The molecular weight excluding hydrogens is 262 g/mol. The lowest BCUT2D eigenvalue weighted by molar-refractivity contribution is 0.00117. The zero-order chi connectivity index (χ0) is 14.1. The molecule has 1 amide bonds. The van der Waals surface area contributed by atoms with E-state index in [1.54, 1.807) is 13.0 Å². The van der Waals surface area contributed by atoms with Gasteiger partial charge >= 0.3 is 0 Å². The van der Waals surface area contributed by atoms with Gasteiger partial charge in [-0.25, -0.2) is 4.68 Å². The molecule has 1 aliphatic rings. The maximum absolute atomic E-state index is 11.8. The van der Waals surface area contributed by atoms with Crippen molar-refractivity contribution in [2.24, 2.45) is 0 Å². The van der Waals surface area contributed by atoms with Crippen molar-refractivity contribution >= 4 is 5.91 Å². The second kappa shape index (κ2) is 5.04. The summed E-state index contributed by atoms with van der Waals surface area (Å²) in [7, 11) is 0. The number of amides is 1. The Morgan fingerprint density at radius 2 is 2.40 bits per heavy atom. The zero-order valence-corrected chi connectivity index (χ0v) is 11.3. The Labute approximate surface area is 115 Å². The molecule has 1 unspecified atom stereocenters. The van der Waals surface area contributed by atoms with E-state index in [2.05, 4.69) is 20.8 Å². The van der Waals surface area contributed by atoms with Gasteiger partial charge in [0.25, 0.3) is 5.91 Å². The third kappa shape index (κ3) is 2.42. The SMILES string of the molecule is Cc1cc(C(=O)NCC2Cn3nnc(C)c3CO2)no1. The molecular formula is C12H15N5O3. The number of nitrogens with zero attached hydrogens (tertiary/aromatic N) is 4. The Bertz CT molecular complexity index is 633. The van der Waals surface area contributed by atoms with Crippen molar-refractivity contribution in [2.75, 3.05) is 6.54 Å². The summed E-state index contributed by atoms with van der Waals surface area (Å²) in [5.74, 6) is 0.331. The van der Waals surface area contributed by atoms with Crippen LogP contribution in [0, 0.1) is 13.8 Å². The maximum Gasteiger partial charge on any atom is 0.273 e. The number of aromatic nitrogens is 4. The highest BCUT2D eigenvalue weighted by atomic mass is 16.5. The molecule has 106 valence electrons. The first kappa shape index (κ1) is 12.8. The molecule has 0 aliphatic carbocycles. The van der Waals surface area contributed by atoms with E-state index in [-0.39, 0.29) is 17.7 Å². The molecule has 0 fully saturated rings. The predicted molar refractivity (Wildman–Crippen MR) is 66.9 cm³/mol. The number of ether oxygens (including phenoxy) is 1. The lowest BCUT2D eigenvalue weighted by Crippen LogP contribution is -2.39. The van der Waals surface area contributed by atoms with Gasteiger partial charge in [0.1, 0.15) is 5.76 Å². The van der Waals surface area contributed by atoms with Crippen LogP contribution in [0.3, 0.4) is 0 Å². The van der Waals surface area contributed by atoms with Crippen molar-refractivity contribution in [2.45, 2.75) is 33.1 Å². The van der Waals surface area contributed by atoms with Crippen LogP contribution in [-0.4, -0.2) is 38.7 Å². The molecule has 20 heavy (non-hydrogen) atoms. The van der Waals surface area contributed by atoms with E-state index in [0.29, 0.717) is 25.5 Å². The van der Waals surface area contributed by atoms with Gasteiger partial charge in [0, 0.05) is 12.6 Å². The molecule has 0 radical (unpaired) electrons. The summed E-state index contributed by atoms with van der Waals surface area (Å²) in [6.45, 7) is 5.07. The van der Waals surface area contributed by atoms with Crippen molar-refractivity contribution in [3.8, 4) is 0 Å². The first-order chi connectivity index (χ1) is 9.63. The van der Waals surface area contributed by atoms with Crippen LogP contribution < -0.4 is 5.32 Å². The van der Waals surface area contributed by atoms with Gasteiger partial charge in [0.2, 0.25) is 0 Å². The average molecular weight is 277 g/mol. The molecule has 0 spiro atoms. The molecule has 2 aromatic heterocycles. The summed E-state index contributed by atoms with van der Waals surface area (Å²) < 4.78 is 12.4. The Kier molecular flexibility index (Phi) is 3.23. The third-order valence-electron chi connectivity index (χ3n) is 3.22. The number of fused-ring (bicyclic) bond motifs is 1. The lowest BCUT2D eigenvalue weighted by Gasteiger charge is -2.23. The van der Waals surface area contributed by atoms with Crippen molar-refractivity contribution in [1.82, 2.24) is 25.5 Å². The monoisotopic (exact) mass is 277 g/mol. The molecule has 0 saturated heterocycles. The minimum absolute atomic E-state index is 0.124. The second-order valence-corrected chi connectivity index (χ2v) is 4.77. The van der Waals surface area contributed by atoms with Crippen LogP contribution in [0.15, 0.2) is 10.6 Å². The standard InChI is InChI=1S/C12H15N5O3/c1-7-3-10(15-20-7)12(18)13-4-9-5-17-11(6-19-9)8(2)14-16-17/h3,9H,4-6H2,1-2H3,(H,13,18). The second-order valence-electron chi connectivity index (χ2n) is 4.77.